The van der Waals surface area contributed by atoms with E-state index in [0.717, 1.165) is 57.8 Å². The minimum Gasteiger partial charge on any atom is -0.381 e. The van der Waals surface area contributed by atoms with Crippen LogP contribution in [0.5, 0.6) is 0 Å². The molecule has 1 N–H and O–H groups in total. The second-order valence-corrected chi connectivity index (χ2v) is 6.91. The molecule has 1 saturated heterocycles. The minimum atomic E-state index is 0.326. The number of aromatic nitrogens is 2. The molecule has 0 spiro atoms. The molecule has 1 fully saturated rings. The van der Waals surface area contributed by atoms with Gasteiger partial charge >= 0.3 is 0 Å². The zero-order valence-corrected chi connectivity index (χ0v) is 14.1. The number of aryl methyl sites for hydroxylation is 2. The van der Waals surface area contributed by atoms with E-state index in [9.17, 15) is 0 Å². The minimum absolute atomic E-state index is 0.326. The number of rotatable bonds is 7. The first-order valence-electron chi connectivity index (χ1n) is 8.36. The molecule has 1 aliphatic heterocycles. The molecule has 0 unspecified atom stereocenters. The Balaban J connectivity index is 2.07. The van der Waals surface area contributed by atoms with Crippen molar-refractivity contribution in [3.05, 3.63) is 17.5 Å². The fourth-order valence-corrected chi connectivity index (χ4v) is 3.25. The standard InChI is InChI=1S/C17H31N3O/c1-5-20-16(10-15(4)19-20)11-17(6-8-21-9-7-17)13-18-12-14(2)3/h10,14,18H,5-9,11-13H2,1-4H3. The number of hydrogen-bond donors (Lipinski definition) is 1. The van der Waals surface area contributed by atoms with E-state index in [1.165, 1.54) is 5.69 Å². The summed E-state index contributed by atoms with van der Waals surface area (Å²) in [5.41, 5.74) is 2.83. The molecule has 1 aromatic rings. The van der Waals surface area contributed by atoms with Crippen LogP contribution in [0.25, 0.3) is 0 Å². The van der Waals surface area contributed by atoms with Crippen molar-refractivity contribution in [3.63, 3.8) is 0 Å². The molecule has 4 nitrogen and oxygen atoms in total. The zero-order valence-electron chi connectivity index (χ0n) is 14.1. The summed E-state index contributed by atoms with van der Waals surface area (Å²) in [6, 6.07) is 2.25. The molecule has 0 bridgehead atoms. The largest absolute Gasteiger partial charge is 0.381 e. The maximum Gasteiger partial charge on any atom is 0.0596 e. The lowest BCUT2D eigenvalue weighted by Crippen LogP contribution is -2.42. The highest BCUT2D eigenvalue weighted by atomic mass is 16.5. The van der Waals surface area contributed by atoms with Gasteiger partial charge in [-0.15, -0.1) is 0 Å². The van der Waals surface area contributed by atoms with E-state index in [1.807, 2.05) is 0 Å². The Hall–Kier alpha value is -0.870. The predicted octanol–water partition coefficient (Wildman–Crippen LogP) is 2.80. The second kappa shape index (κ2) is 7.41. The molecule has 0 saturated carbocycles. The van der Waals surface area contributed by atoms with Gasteiger partial charge in [-0.25, -0.2) is 0 Å². The molecule has 0 atom stereocenters. The van der Waals surface area contributed by atoms with Crippen LogP contribution in [0.15, 0.2) is 6.07 Å². The summed E-state index contributed by atoms with van der Waals surface area (Å²) < 4.78 is 7.76. The molecule has 0 radical (unpaired) electrons. The van der Waals surface area contributed by atoms with Crippen LogP contribution in [-0.4, -0.2) is 36.1 Å². The zero-order chi connectivity index (χ0) is 15.3. The summed E-state index contributed by atoms with van der Waals surface area (Å²) in [5.74, 6) is 0.699. The van der Waals surface area contributed by atoms with E-state index >= 15 is 0 Å². The highest BCUT2D eigenvalue weighted by molar-refractivity contribution is 5.12. The summed E-state index contributed by atoms with van der Waals surface area (Å²) in [6.07, 6.45) is 3.40. The first-order chi connectivity index (χ1) is 10.0. The third-order valence-electron chi connectivity index (χ3n) is 4.45. The summed E-state index contributed by atoms with van der Waals surface area (Å²) in [6.45, 7) is 13.7. The number of hydrogen-bond acceptors (Lipinski definition) is 3. The predicted molar refractivity (Wildman–Crippen MR) is 86.5 cm³/mol. The van der Waals surface area contributed by atoms with Crippen molar-refractivity contribution in [1.82, 2.24) is 15.1 Å². The Labute approximate surface area is 129 Å². The number of nitrogens with one attached hydrogen (secondary N) is 1. The maximum absolute atomic E-state index is 5.60. The fourth-order valence-electron chi connectivity index (χ4n) is 3.25. The van der Waals surface area contributed by atoms with Crippen LogP contribution in [0.1, 0.15) is 45.0 Å². The van der Waals surface area contributed by atoms with E-state index in [1.54, 1.807) is 0 Å². The van der Waals surface area contributed by atoms with Crippen molar-refractivity contribution in [2.75, 3.05) is 26.3 Å². The van der Waals surface area contributed by atoms with Gasteiger partial charge in [0.1, 0.15) is 0 Å². The van der Waals surface area contributed by atoms with Crippen LogP contribution in [0, 0.1) is 18.3 Å². The van der Waals surface area contributed by atoms with Crippen LogP contribution in [0.3, 0.4) is 0 Å². The molecular weight excluding hydrogens is 262 g/mol. The quantitative estimate of drug-likeness (QED) is 0.840. The van der Waals surface area contributed by atoms with Gasteiger partial charge in [0.05, 0.1) is 5.69 Å². The number of ether oxygens (including phenoxy) is 1. The lowest BCUT2D eigenvalue weighted by molar-refractivity contribution is 0.0138. The molecule has 120 valence electrons. The summed E-state index contributed by atoms with van der Waals surface area (Å²) >= 11 is 0. The van der Waals surface area contributed by atoms with E-state index < -0.39 is 0 Å². The lowest BCUT2D eigenvalue weighted by Gasteiger charge is -2.38. The summed E-state index contributed by atoms with van der Waals surface area (Å²) in [7, 11) is 0. The SMILES string of the molecule is CCn1nc(C)cc1CC1(CNCC(C)C)CCOCC1. The second-order valence-electron chi connectivity index (χ2n) is 6.91. The van der Waals surface area contributed by atoms with Crippen molar-refractivity contribution in [3.8, 4) is 0 Å². The molecule has 21 heavy (non-hydrogen) atoms. The average Bonchev–Trinajstić information content (AvgIpc) is 2.79. The first-order valence-corrected chi connectivity index (χ1v) is 8.36. The molecule has 1 aromatic heterocycles. The summed E-state index contributed by atoms with van der Waals surface area (Å²) in [5, 5.41) is 8.27. The lowest BCUT2D eigenvalue weighted by atomic mass is 9.76. The Morgan fingerprint density at radius 3 is 2.71 bits per heavy atom. The maximum atomic E-state index is 5.60. The molecule has 1 aliphatic rings. The van der Waals surface area contributed by atoms with Gasteiger partial charge in [-0.2, -0.15) is 5.10 Å². The molecule has 4 heteroatoms. The third-order valence-corrected chi connectivity index (χ3v) is 4.45. The van der Waals surface area contributed by atoms with Gasteiger partial charge in [0, 0.05) is 32.0 Å². The molecule has 2 heterocycles. The van der Waals surface area contributed by atoms with Crippen molar-refractivity contribution in [1.29, 1.82) is 0 Å². The Kier molecular flexibility index (Phi) is 5.82. The van der Waals surface area contributed by atoms with Crippen molar-refractivity contribution in [2.45, 2.75) is 53.5 Å². The molecule has 0 aromatic carbocycles. The van der Waals surface area contributed by atoms with Gasteiger partial charge in [0.2, 0.25) is 0 Å². The van der Waals surface area contributed by atoms with Crippen LogP contribution in [0.2, 0.25) is 0 Å². The molecule has 0 aliphatic carbocycles. The van der Waals surface area contributed by atoms with Crippen LogP contribution < -0.4 is 5.32 Å². The molecule has 0 amide bonds. The van der Waals surface area contributed by atoms with Crippen LogP contribution >= 0.6 is 0 Å². The third kappa shape index (κ3) is 4.55. The number of nitrogens with zero attached hydrogens (tertiary/aromatic N) is 2. The van der Waals surface area contributed by atoms with Gasteiger partial charge in [-0.05, 0) is 57.1 Å². The van der Waals surface area contributed by atoms with Crippen LogP contribution in [-0.2, 0) is 17.7 Å². The van der Waals surface area contributed by atoms with Crippen molar-refractivity contribution in [2.24, 2.45) is 11.3 Å². The van der Waals surface area contributed by atoms with E-state index in [2.05, 4.69) is 48.9 Å². The van der Waals surface area contributed by atoms with Gasteiger partial charge in [0.15, 0.2) is 0 Å². The summed E-state index contributed by atoms with van der Waals surface area (Å²) in [4.78, 5) is 0. The van der Waals surface area contributed by atoms with E-state index in [-0.39, 0.29) is 0 Å². The Morgan fingerprint density at radius 1 is 1.38 bits per heavy atom. The molecule has 2 rings (SSSR count). The van der Waals surface area contributed by atoms with Crippen molar-refractivity contribution < 1.29 is 4.74 Å². The van der Waals surface area contributed by atoms with Gasteiger partial charge in [-0.3, -0.25) is 4.68 Å². The highest BCUT2D eigenvalue weighted by Gasteiger charge is 2.33. The van der Waals surface area contributed by atoms with Gasteiger partial charge < -0.3 is 10.1 Å². The topological polar surface area (TPSA) is 39.1 Å². The van der Waals surface area contributed by atoms with Gasteiger partial charge in [-0.1, -0.05) is 13.8 Å². The van der Waals surface area contributed by atoms with E-state index in [0.29, 0.717) is 11.3 Å². The van der Waals surface area contributed by atoms with Gasteiger partial charge in [0.25, 0.3) is 0 Å². The first kappa shape index (κ1) is 16.5. The Morgan fingerprint density at radius 2 is 2.10 bits per heavy atom. The van der Waals surface area contributed by atoms with E-state index in [4.69, 9.17) is 4.74 Å². The highest BCUT2D eigenvalue weighted by Crippen LogP contribution is 2.34. The van der Waals surface area contributed by atoms with Crippen LogP contribution in [0.4, 0.5) is 0 Å². The molecular formula is C17H31N3O. The smallest absolute Gasteiger partial charge is 0.0596 e. The normalized spacial score (nSPS) is 18.3. The Bertz CT molecular complexity index is 433. The average molecular weight is 293 g/mol. The fraction of sp³-hybridized carbons (Fsp3) is 0.824. The monoisotopic (exact) mass is 293 g/mol. The van der Waals surface area contributed by atoms with Crippen molar-refractivity contribution >= 4 is 0 Å².